The van der Waals surface area contributed by atoms with Gasteiger partial charge in [0, 0.05) is 12.7 Å². The molecule has 3 rings (SSSR count). The van der Waals surface area contributed by atoms with Crippen molar-refractivity contribution in [2.24, 2.45) is 0 Å². The van der Waals surface area contributed by atoms with Gasteiger partial charge in [-0.15, -0.1) is 0 Å². The minimum Gasteiger partial charge on any atom is -0.491 e. The van der Waals surface area contributed by atoms with E-state index in [0.717, 1.165) is 19.4 Å². The Balaban J connectivity index is 1.54. The summed E-state index contributed by atoms with van der Waals surface area (Å²) in [6.07, 6.45) is 2.18. The summed E-state index contributed by atoms with van der Waals surface area (Å²) in [5.74, 6) is 0.101. The number of rotatable bonds is 7. The molecule has 1 fully saturated rings. The molecule has 1 saturated heterocycles. The molecule has 0 aliphatic carbocycles. The summed E-state index contributed by atoms with van der Waals surface area (Å²) >= 11 is 0. The number of esters is 1. The molecule has 0 amide bonds. The molecule has 0 radical (unpaired) electrons. The van der Waals surface area contributed by atoms with Gasteiger partial charge in [-0.2, -0.15) is 0 Å². The molecule has 2 aromatic rings. The second-order valence-electron chi connectivity index (χ2n) is 5.93. The first-order valence-electron chi connectivity index (χ1n) is 8.37. The molecule has 1 aliphatic rings. The first-order valence-corrected chi connectivity index (χ1v) is 8.37. The number of carbonyl (C=O) groups is 1. The van der Waals surface area contributed by atoms with Crippen LogP contribution in [-0.2, 0) is 16.1 Å². The van der Waals surface area contributed by atoms with Gasteiger partial charge in [0.2, 0.25) is 0 Å². The highest BCUT2D eigenvalue weighted by atomic mass is 16.6. The summed E-state index contributed by atoms with van der Waals surface area (Å²) in [5, 5.41) is 11.0. The van der Waals surface area contributed by atoms with Crippen LogP contribution in [0, 0.1) is 10.1 Å². The van der Waals surface area contributed by atoms with Gasteiger partial charge >= 0.3 is 5.97 Å². The summed E-state index contributed by atoms with van der Waals surface area (Å²) in [7, 11) is 0. The molecule has 0 aromatic heterocycles. The number of hydrogen-bond acceptors (Lipinski definition) is 6. The number of nitro benzene ring substituents is 1. The van der Waals surface area contributed by atoms with Crippen molar-refractivity contribution in [3.8, 4) is 5.75 Å². The lowest BCUT2D eigenvalue weighted by atomic mass is 10.2. The summed E-state index contributed by atoms with van der Waals surface area (Å²) in [4.78, 5) is 22.6. The number of ether oxygens (including phenoxy) is 3. The number of benzene rings is 2. The summed E-state index contributed by atoms with van der Waals surface area (Å²) in [5.41, 5.74) is 0.633. The molecule has 1 heterocycles. The zero-order valence-corrected chi connectivity index (χ0v) is 14.1. The molecule has 1 atom stereocenters. The maximum Gasteiger partial charge on any atom is 0.338 e. The lowest BCUT2D eigenvalue weighted by molar-refractivity contribution is -0.385. The van der Waals surface area contributed by atoms with E-state index in [-0.39, 0.29) is 18.4 Å². The van der Waals surface area contributed by atoms with Crippen molar-refractivity contribution < 1.29 is 23.9 Å². The Labute approximate surface area is 150 Å². The van der Waals surface area contributed by atoms with Gasteiger partial charge in [-0.25, -0.2) is 4.79 Å². The highest BCUT2D eigenvalue weighted by molar-refractivity contribution is 5.89. The minimum atomic E-state index is -0.547. The van der Waals surface area contributed by atoms with E-state index in [9.17, 15) is 14.9 Å². The Morgan fingerprint density at radius 2 is 1.96 bits per heavy atom. The number of para-hydroxylation sites is 1. The van der Waals surface area contributed by atoms with Gasteiger partial charge in [-0.05, 0) is 43.2 Å². The second-order valence-corrected chi connectivity index (χ2v) is 5.93. The smallest absolute Gasteiger partial charge is 0.338 e. The van der Waals surface area contributed by atoms with Gasteiger partial charge < -0.3 is 14.2 Å². The van der Waals surface area contributed by atoms with E-state index in [0.29, 0.717) is 23.5 Å². The Hall–Kier alpha value is -2.93. The van der Waals surface area contributed by atoms with Crippen molar-refractivity contribution in [2.45, 2.75) is 25.6 Å². The molecule has 0 bridgehead atoms. The van der Waals surface area contributed by atoms with E-state index in [4.69, 9.17) is 14.2 Å². The highest BCUT2D eigenvalue weighted by Crippen LogP contribution is 2.20. The Bertz CT molecular complexity index is 768. The molecule has 0 unspecified atom stereocenters. The number of hydrogen-bond donors (Lipinski definition) is 0. The first-order chi connectivity index (χ1) is 12.6. The molecule has 7 heteroatoms. The van der Waals surface area contributed by atoms with Crippen LogP contribution in [0.1, 0.15) is 28.8 Å². The highest BCUT2D eigenvalue weighted by Gasteiger charge is 2.17. The third kappa shape index (κ3) is 4.58. The number of nitrogens with zero attached hydrogens (tertiary/aromatic N) is 1. The van der Waals surface area contributed by atoms with Crippen LogP contribution >= 0.6 is 0 Å². The Morgan fingerprint density at radius 1 is 1.19 bits per heavy atom. The average molecular weight is 357 g/mol. The first kappa shape index (κ1) is 17.9. The molecular formula is C19H19NO6. The quantitative estimate of drug-likeness (QED) is 0.428. The molecule has 0 spiro atoms. The molecule has 2 aromatic carbocycles. The zero-order chi connectivity index (χ0) is 18.4. The van der Waals surface area contributed by atoms with E-state index < -0.39 is 10.9 Å². The summed E-state index contributed by atoms with van der Waals surface area (Å²) < 4.78 is 16.3. The molecular weight excluding hydrogens is 338 g/mol. The molecule has 7 nitrogen and oxygen atoms in total. The van der Waals surface area contributed by atoms with Gasteiger partial charge in [0.05, 0.1) is 22.2 Å². The fourth-order valence-electron chi connectivity index (χ4n) is 2.69. The third-order valence-corrected chi connectivity index (χ3v) is 4.10. The normalized spacial score (nSPS) is 16.2. The molecule has 1 aliphatic heterocycles. The largest absolute Gasteiger partial charge is 0.491 e. The third-order valence-electron chi connectivity index (χ3n) is 4.10. The van der Waals surface area contributed by atoms with E-state index in [1.807, 2.05) is 0 Å². The second kappa shape index (κ2) is 8.44. The van der Waals surface area contributed by atoms with Gasteiger partial charge in [-0.1, -0.05) is 12.1 Å². The molecule has 136 valence electrons. The van der Waals surface area contributed by atoms with Crippen LogP contribution in [0.5, 0.6) is 5.75 Å². The van der Waals surface area contributed by atoms with E-state index in [2.05, 4.69) is 0 Å². The predicted octanol–water partition coefficient (Wildman–Crippen LogP) is 3.51. The topological polar surface area (TPSA) is 87.9 Å². The summed E-state index contributed by atoms with van der Waals surface area (Å²) in [6.45, 7) is 1.10. The van der Waals surface area contributed by atoms with Crippen LogP contribution in [0.25, 0.3) is 0 Å². The van der Waals surface area contributed by atoms with Crippen LogP contribution in [0.15, 0.2) is 48.5 Å². The van der Waals surface area contributed by atoms with Crippen LogP contribution in [0.4, 0.5) is 5.69 Å². The fraction of sp³-hybridized carbons (Fsp3) is 0.316. The zero-order valence-electron chi connectivity index (χ0n) is 14.1. The van der Waals surface area contributed by atoms with E-state index in [1.165, 1.54) is 6.07 Å². The van der Waals surface area contributed by atoms with Crippen LogP contribution < -0.4 is 4.74 Å². The van der Waals surface area contributed by atoms with Gasteiger partial charge in [0.15, 0.2) is 0 Å². The Morgan fingerprint density at radius 3 is 2.65 bits per heavy atom. The van der Waals surface area contributed by atoms with Crippen molar-refractivity contribution >= 4 is 11.7 Å². The van der Waals surface area contributed by atoms with Crippen molar-refractivity contribution in [1.29, 1.82) is 0 Å². The van der Waals surface area contributed by atoms with Crippen LogP contribution in [0.2, 0.25) is 0 Å². The van der Waals surface area contributed by atoms with Crippen molar-refractivity contribution in [1.82, 2.24) is 0 Å². The molecule has 0 saturated carbocycles. The standard InChI is InChI=1S/C19H19NO6/c21-19(26-12-15-4-1-2-6-18(15)20(22)23)14-7-9-16(10-8-14)25-13-17-5-3-11-24-17/h1-2,4,6-10,17H,3,5,11-13H2/t17-/m1/s1. The van der Waals surface area contributed by atoms with Gasteiger partial charge in [-0.3, -0.25) is 10.1 Å². The van der Waals surface area contributed by atoms with E-state index in [1.54, 1.807) is 42.5 Å². The van der Waals surface area contributed by atoms with Crippen LogP contribution in [0.3, 0.4) is 0 Å². The van der Waals surface area contributed by atoms with Gasteiger partial charge in [0.1, 0.15) is 19.0 Å². The van der Waals surface area contributed by atoms with Crippen molar-refractivity contribution in [3.63, 3.8) is 0 Å². The lowest BCUT2D eigenvalue weighted by Gasteiger charge is -2.11. The SMILES string of the molecule is O=C(OCc1ccccc1[N+](=O)[O-])c1ccc(OC[C@H]2CCCO2)cc1. The minimum absolute atomic E-state index is 0.0711. The van der Waals surface area contributed by atoms with E-state index >= 15 is 0 Å². The Kier molecular flexibility index (Phi) is 5.80. The molecule has 0 N–H and O–H groups in total. The van der Waals surface area contributed by atoms with Crippen LogP contribution in [-0.4, -0.2) is 30.2 Å². The van der Waals surface area contributed by atoms with Crippen molar-refractivity contribution in [3.05, 3.63) is 69.8 Å². The monoisotopic (exact) mass is 357 g/mol. The lowest BCUT2D eigenvalue weighted by Crippen LogP contribution is -2.16. The number of carbonyl (C=O) groups excluding carboxylic acids is 1. The number of nitro groups is 1. The van der Waals surface area contributed by atoms with Crippen molar-refractivity contribution in [2.75, 3.05) is 13.2 Å². The summed E-state index contributed by atoms with van der Waals surface area (Å²) in [6, 6.07) is 12.8. The fourth-order valence-corrected chi connectivity index (χ4v) is 2.69. The molecule has 26 heavy (non-hydrogen) atoms. The maximum atomic E-state index is 12.1. The van der Waals surface area contributed by atoms with Gasteiger partial charge in [0.25, 0.3) is 5.69 Å². The average Bonchev–Trinajstić information content (AvgIpc) is 3.18. The predicted molar refractivity (Wildman–Crippen MR) is 93.1 cm³/mol. The maximum absolute atomic E-state index is 12.1.